The summed E-state index contributed by atoms with van der Waals surface area (Å²) in [5.74, 6) is -0.917. The van der Waals surface area contributed by atoms with Crippen molar-refractivity contribution >= 4 is 17.9 Å². The second-order valence-corrected chi connectivity index (χ2v) is 20.3. The summed E-state index contributed by atoms with van der Waals surface area (Å²) in [6.45, 7) is 6.60. The van der Waals surface area contributed by atoms with E-state index in [0.717, 1.165) is 109 Å². The van der Waals surface area contributed by atoms with Crippen LogP contribution < -0.4 is 0 Å². The molecule has 0 aliphatic heterocycles. The number of hydrogen-bond donors (Lipinski definition) is 0. The second-order valence-electron chi connectivity index (χ2n) is 20.3. The summed E-state index contributed by atoms with van der Waals surface area (Å²) in [6.07, 6.45) is 76.0. The van der Waals surface area contributed by atoms with E-state index in [1.807, 2.05) is 0 Å². The Balaban J connectivity index is 4.45. The molecular weight excluding hydrogens is 877 g/mol. The molecule has 0 bridgehead atoms. The van der Waals surface area contributed by atoms with Crippen LogP contribution in [0.5, 0.6) is 0 Å². The second kappa shape index (κ2) is 59.4. The molecule has 0 rings (SSSR count). The van der Waals surface area contributed by atoms with Crippen molar-refractivity contribution in [3.63, 3.8) is 0 Å². The molecule has 410 valence electrons. The third-order valence-corrected chi connectivity index (χ3v) is 13.2. The molecule has 0 fully saturated rings. The lowest BCUT2D eigenvalue weighted by molar-refractivity contribution is -0.167. The van der Waals surface area contributed by atoms with Gasteiger partial charge >= 0.3 is 17.9 Å². The molecule has 0 amide bonds. The predicted octanol–water partition coefficient (Wildman–Crippen LogP) is 20.5. The van der Waals surface area contributed by atoms with Crippen LogP contribution in [0.15, 0.2) is 72.9 Å². The molecule has 0 radical (unpaired) electrons. The van der Waals surface area contributed by atoms with E-state index in [1.165, 1.54) is 154 Å². The minimum absolute atomic E-state index is 0.0905. The van der Waals surface area contributed by atoms with Crippen LogP contribution in [0, 0.1) is 0 Å². The summed E-state index contributed by atoms with van der Waals surface area (Å²) in [5.41, 5.74) is 0. The highest BCUT2D eigenvalue weighted by atomic mass is 16.6. The zero-order chi connectivity index (χ0) is 51.4. The van der Waals surface area contributed by atoms with Gasteiger partial charge in [0.2, 0.25) is 0 Å². The molecule has 0 aromatic rings. The van der Waals surface area contributed by atoms with Crippen molar-refractivity contribution in [1.29, 1.82) is 0 Å². The molecular formula is C65H114O6. The molecule has 0 N–H and O–H groups in total. The monoisotopic (exact) mass is 991 g/mol. The zero-order valence-corrected chi connectivity index (χ0v) is 47.0. The standard InChI is InChI=1S/C65H114O6/c1-4-7-10-13-16-19-22-25-28-31-34-37-40-43-46-49-52-55-58-64(67)70-61-62(60-69-63(66)57-54-51-48-45-42-39-36-33-30-27-24-21-18-15-12-9-6-3)71-65(68)59-56-53-50-47-44-41-38-35-32-29-26-23-20-17-14-11-8-5-2/h18,21,27-32,34-35,37-38,62H,4-17,19-20,22-26,33,36,39-61H2,1-3H3/b21-18-,30-27-,31-28-,32-29-,37-34-,38-35-. The van der Waals surface area contributed by atoms with Gasteiger partial charge in [0.1, 0.15) is 13.2 Å². The Hall–Kier alpha value is -3.15. The SMILES string of the molecule is CCCCC/C=C\C/C=C\CCCCCCCCCC(=O)OCC(COC(=O)CCCCCCC/C=C\C=C/CCCCCCCCC)OC(=O)CCCCCCC/C=C\C=C/CCCCCCCCC. The zero-order valence-electron chi connectivity index (χ0n) is 47.0. The lowest BCUT2D eigenvalue weighted by Gasteiger charge is -2.18. The van der Waals surface area contributed by atoms with Crippen LogP contribution in [0.4, 0.5) is 0 Å². The van der Waals surface area contributed by atoms with E-state index in [0.29, 0.717) is 19.3 Å². The van der Waals surface area contributed by atoms with Gasteiger partial charge in [0.25, 0.3) is 0 Å². The lowest BCUT2D eigenvalue weighted by atomic mass is 10.1. The largest absolute Gasteiger partial charge is 0.462 e. The number of ether oxygens (including phenoxy) is 3. The first-order valence-corrected chi connectivity index (χ1v) is 30.5. The molecule has 0 saturated heterocycles. The van der Waals surface area contributed by atoms with Crippen molar-refractivity contribution < 1.29 is 28.6 Å². The highest BCUT2D eigenvalue weighted by molar-refractivity contribution is 5.71. The van der Waals surface area contributed by atoms with Crippen LogP contribution in [-0.2, 0) is 28.6 Å². The van der Waals surface area contributed by atoms with Gasteiger partial charge in [-0.1, -0.05) is 254 Å². The van der Waals surface area contributed by atoms with Crippen LogP contribution in [0.1, 0.15) is 303 Å². The van der Waals surface area contributed by atoms with Gasteiger partial charge in [-0.2, -0.15) is 0 Å². The maximum atomic E-state index is 12.9. The van der Waals surface area contributed by atoms with E-state index < -0.39 is 6.10 Å². The minimum atomic E-state index is -0.795. The third-order valence-electron chi connectivity index (χ3n) is 13.2. The molecule has 0 heterocycles. The van der Waals surface area contributed by atoms with E-state index in [2.05, 4.69) is 93.7 Å². The van der Waals surface area contributed by atoms with Crippen molar-refractivity contribution in [2.45, 2.75) is 309 Å². The summed E-state index contributed by atoms with van der Waals surface area (Å²) in [6, 6.07) is 0. The van der Waals surface area contributed by atoms with Crippen molar-refractivity contribution in [2.24, 2.45) is 0 Å². The molecule has 0 spiro atoms. The molecule has 6 nitrogen and oxygen atoms in total. The van der Waals surface area contributed by atoms with E-state index in [1.54, 1.807) is 0 Å². The van der Waals surface area contributed by atoms with Crippen molar-refractivity contribution in [2.75, 3.05) is 13.2 Å². The molecule has 1 unspecified atom stereocenters. The number of carbonyl (C=O) groups is 3. The lowest BCUT2D eigenvalue weighted by Crippen LogP contribution is -2.30. The van der Waals surface area contributed by atoms with Crippen LogP contribution in [-0.4, -0.2) is 37.2 Å². The Morgan fingerprint density at radius 2 is 0.549 bits per heavy atom. The van der Waals surface area contributed by atoms with E-state index in [-0.39, 0.29) is 31.1 Å². The van der Waals surface area contributed by atoms with Crippen LogP contribution in [0.3, 0.4) is 0 Å². The van der Waals surface area contributed by atoms with Gasteiger partial charge < -0.3 is 14.2 Å². The Morgan fingerprint density at radius 3 is 0.887 bits per heavy atom. The van der Waals surface area contributed by atoms with Gasteiger partial charge in [-0.15, -0.1) is 0 Å². The maximum Gasteiger partial charge on any atom is 0.306 e. The molecule has 71 heavy (non-hydrogen) atoms. The average molecular weight is 992 g/mol. The first-order valence-electron chi connectivity index (χ1n) is 30.5. The smallest absolute Gasteiger partial charge is 0.306 e. The molecule has 0 aliphatic rings. The fraction of sp³-hybridized carbons (Fsp3) is 0.769. The average Bonchev–Trinajstić information content (AvgIpc) is 3.37. The van der Waals surface area contributed by atoms with Gasteiger partial charge in [0.15, 0.2) is 6.10 Å². The summed E-state index contributed by atoms with van der Waals surface area (Å²) in [7, 11) is 0. The number of hydrogen-bond acceptors (Lipinski definition) is 6. The predicted molar refractivity (Wildman–Crippen MR) is 307 cm³/mol. The number of unbranched alkanes of at least 4 members (excludes halogenated alkanes) is 34. The highest BCUT2D eigenvalue weighted by Gasteiger charge is 2.19. The van der Waals surface area contributed by atoms with E-state index >= 15 is 0 Å². The number of allylic oxidation sites excluding steroid dienone is 12. The first kappa shape index (κ1) is 67.8. The Kier molecular flexibility index (Phi) is 56.8. The first-order chi connectivity index (χ1) is 35.0. The van der Waals surface area contributed by atoms with E-state index in [9.17, 15) is 14.4 Å². The fourth-order valence-corrected chi connectivity index (χ4v) is 8.57. The minimum Gasteiger partial charge on any atom is -0.462 e. The molecule has 0 saturated carbocycles. The van der Waals surface area contributed by atoms with Crippen molar-refractivity contribution in [1.82, 2.24) is 0 Å². The molecule has 0 aromatic heterocycles. The fourth-order valence-electron chi connectivity index (χ4n) is 8.57. The summed E-state index contributed by atoms with van der Waals surface area (Å²) >= 11 is 0. The molecule has 6 heteroatoms. The van der Waals surface area contributed by atoms with Gasteiger partial charge in [0.05, 0.1) is 0 Å². The van der Waals surface area contributed by atoms with Crippen molar-refractivity contribution in [3.8, 4) is 0 Å². The van der Waals surface area contributed by atoms with Gasteiger partial charge in [-0.3, -0.25) is 14.4 Å². The Labute approximate surface area is 440 Å². The van der Waals surface area contributed by atoms with E-state index in [4.69, 9.17) is 14.2 Å². The normalized spacial score (nSPS) is 12.5. The summed E-state index contributed by atoms with van der Waals surface area (Å²) < 4.78 is 16.9. The molecule has 0 aliphatic carbocycles. The highest BCUT2D eigenvalue weighted by Crippen LogP contribution is 2.15. The topological polar surface area (TPSA) is 78.9 Å². The van der Waals surface area contributed by atoms with Crippen molar-refractivity contribution in [3.05, 3.63) is 72.9 Å². The van der Waals surface area contributed by atoms with Crippen LogP contribution in [0.25, 0.3) is 0 Å². The number of esters is 3. The Bertz CT molecular complexity index is 1320. The Morgan fingerprint density at radius 1 is 0.296 bits per heavy atom. The third kappa shape index (κ3) is 57.6. The van der Waals surface area contributed by atoms with Gasteiger partial charge in [-0.25, -0.2) is 0 Å². The number of rotatable bonds is 55. The molecule has 0 aromatic carbocycles. The van der Waals surface area contributed by atoms with Crippen LogP contribution >= 0.6 is 0 Å². The summed E-state index contributed by atoms with van der Waals surface area (Å²) in [5, 5.41) is 0. The summed E-state index contributed by atoms with van der Waals surface area (Å²) in [4.78, 5) is 38.2. The van der Waals surface area contributed by atoms with Gasteiger partial charge in [-0.05, 0) is 103 Å². The molecule has 1 atom stereocenters. The van der Waals surface area contributed by atoms with Crippen LogP contribution in [0.2, 0.25) is 0 Å². The van der Waals surface area contributed by atoms with Gasteiger partial charge in [0, 0.05) is 19.3 Å². The number of carbonyl (C=O) groups excluding carboxylic acids is 3. The quantitative estimate of drug-likeness (QED) is 0.0199. The maximum absolute atomic E-state index is 12.9.